The van der Waals surface area contributed by atoms with Gasteiger partial charge in [-0.1, -0.05) is 5.92 Å². The molecule has 0 fully saturated rings. The van der Waals surface area contributed by atoms with Gasteiger partial charge in [-0.25, -0.2) is 0 Å². The fraction of sp³-hybridized carbons (Fsp3) is 0.200. The van der Waals surface area contributed by atoms with Gasteiger partial charge in [-0.05, 0) is 11.8 Å². The standard InChI is InChI=1S/C5H4S/c1-2-3-4-5-6/h1,6H,5H2. The SMILES string of the molecule is C#CC#CCS. The fourth-order valence-corrected chi connectivity index (χ4v) is 0.170. The van der Waals surface area contributed by atoms with Crippen molar-refractivity contribution < 1.29 is 0 Å². The summed E-state index contributed by atoms with van der Waals surface area (Å²) in [6, 6.07) is 0. The molecular formula is C5H4S. The fourth-order valence-electron chi connectivity index (χ4n) is 0.0906. The first-order valence-corrected chi connectivity index (χ1v) is 2.09. The first-order chi connectivity index (χ1) is 2.91. The summed E-state index contributed by atoms with van der Waals surface area (Å²) >= 11 is 3.79. The molecule has 0 heterocycles. The second kappa shape index (κ2) is 4.47. The monoisotopic (exact) mass is 96.0 g/mol. The van der Waals surface area contributed by atoms with Gasteiger partial charge in [0.15, 0.2) is 0 Å². The van der Waals surface area contributed by atoms with Crippen molar-refractivity contribution in [3.8, 4) is 24.2 Å². The summed E-state index contributed by atoms with van der Waals surface area (Å²) in [5.41, 5.74) is 0. The largest absolute Gasteiger partial charge is 0.166 e. The van der Waals surface area contributed by atoms with Crippen molar-refractivity contribution in [2.45, 2.75) is 0 Å². The van der Waals surface area contributed by atoms with Gasteiger partial charge in [-0.3, -0.25) is 0 Å². The lowest BCUT2D eigenvalue weighted by molar-refractivity contribution is 1.97. The van der Waals surface area contributed by atoms with E-state index in [0.29, 0.717) is 5.75 Å². The van der Waals surface area contributed by atoms with E-state index in [-0.39, 0.29) is 0 Å². The zero-order valence-electron chi connectivity index (χ0n) is 3.23. The Morgan fingerprint density at radius 3 is 2.50 bits per heavy atom. The molecule has 0 aromatic carbocycles. The Balaban J connectivity index is 3.22. The molecule has 6 heavy (non-hydrogen) atoms. The van der Waals surface area contributed by atoms with Crippen LogP contribution in [0.5, 0.6) is 0 Å². The summed E-state index contributed by atoms with van der Waals surface area (Å²) in [6.07, 6.45) is 4.76. The number of rotatable bonds is 0. The van der Waals surface area contributed by atoms with Gasteiger partial charge < -0.3 is 0 Å². The topological polar surface area (TPSA) is 0 Å². The summed E-state index contributed by atoms with van der Waals surface area (Å²) in [4.78, 5) is 0. The molecule has 0 unspecified atom stereocenters. The van der Waals surface area contributed by atoms with Crippen molar-refractivity contribution in [1.82, 2.24) is 0 Å². The van der Waals surface area contributed by atoms with Gasteiger partial charge in [0.25, 0.3) is 0 Å². The molecule has 1 heteroatoms. The van der Waals surface area contributed by atoms with Crippen molar-refractivity contribution in [1.29, 1.82) is 0 Å². The van der Waals surface area contributed by atoms with Gasteiger partial charge in [0.2, 0.25) is 0 Å². The van der Waals surface area contributed by atoms with E-state index in [0.717, 1.165) is 0 Å². The molecular weight excluding hydrogens is 92.1 g/mol. The molecule has 0 aromatic rings. The molecule has 0 N–H and O–H groups in total. The quantitative estimate of drug-likeness (QED) is 0.330. The van der Waals surface area contributed by atoms with Crippen molar-refractivity contribution >= 4 is 12.6 Å². The van der Waals surface area contributed by atoms with Crippen LogP contribution in [0.4, 0.5) is 0 Å². The van der Waals surface area contributed by atoms with Gasteiger partial charge in [-0.15, -0.1) is 6.42 Å². The van der Waals surface area contributed by atoms with Crippen LogP contribution in [0.1, 0.15) is 0 Å². The lowest BCUT2D eigenvalue weighted by atomic mass is 10.6. The lowest BCUT2D eigenvalue weighted by Gasteiger charge is -1.58. The van der Waals surface area contributed by atoms with Crippen LogP contribution in [0, 0.1) is 24.2 Å². The maximum atomic E-state index is 4.76. The molecule has 0 rings (SSSR count). The van der Waals surface area contributed by atoms with Gasteiger partial charge in [0, 0.05) is 0 Å². The van der Waals surface area contributed by atoms with E-state index in [2.05, 4.69) is 30.4 Å². The van der Waals surface area contributed by atoms with Crippen LogP contribution in [-0.4, -0.2) is 5.75 Å². The Bertz CT molecular complexity index is 108. The summed E-state index contributed by atoms with van der Waals surface area (Å²) in [5.74, 6) is 7.68. The van der Waals surface area contributed by atoms with E-state index < -0.39 is 0 Å². The molecule has 0 bridgehead atoms. The maximum Gasteiger partial charge on any atom is 0.0527 e. The van der Waals surface area contributed by atoms with Crippen LogP contribution in [0.2, 0.25) is 0 Å². The van der Waals surface area contributed by atoms with Gasteiger partial charge >= 0.3 is 0 Å². The molecule has 0 saturated carbocycles. The second-order valence-electron chi connectivity index (χ2n) is 0.604. The molecule has 0 atom stereocenters. The van der Waals surface area contributed by atoms with Crippen LogP contribution in [0.25, 0.3) is 0 Å². The third kappa shape index (κ3) is 3.47. The van der Waals surface area contributed by atoms with Crippen molar-refractivity contribution in [3.05, 3.63) is 0 Å². The molecule has 0 aliphatic heterocycles. The highest BCUT2D eigenvalue weighted by Crippen LogP contribution is 1.62. The third-order valence-electron chi connectivity index (χ3n) is 0.240. The zero-order valence-corrected chi connectivity index (χ0v) is 4.13. The van der Waals surface area contributed by atoms with Gasteiger partial charge in [-0.2, -0.15) is 12.6 Å². The van der Waals surface area contributed by atoms with Crippen LogP contribution >= 0.6 is 12.6 Å². The highest BCUT2D eigenvalue weighted by molar-refractivity contribution is 7.80. The van der Waals surface area contributed by atoms with Crippen LogP contribution in [-0.2, 0) is 0 Å². The smallest absolute Gasteiger partial charge is 0.0527 e. The van der Waals surface area contributed by atoms with E-state index in [1.165, 1.54) is 0 Å². The van der Waals surface area contributed by atoms with Gasteiger partial charge in [0.1, 0.15) is 0 Å². The second-order valence-corrected chi connectivity index (χ2v) is 0.920. The highest BCUT2D eigenvalue weighted by atomic mass is 32.1. The van der Waals surface area contributed by atoms with E-state index in [4.69, 9.17) is 6.42 Å². The minimum absolute atomic E-state index is 0.546. The average molecular weight is 96.2 g/mol. The van der Waals surface area contributed by atoms with Crippen molar-refractivity contribution in [2.24, 2.45) is 0 Å². The molecule has 0 radical (unpaired) electrons. The van der Waals surface area contributed by atoms with E-state index in [9.17, 15) is 0 Å². The molecule has 0 aromatic heterocycles. The predicted octanol–water partition coefficient (Wildman–Crippen LogP) is 0.553. The first-order valence-electron chi connectivity index (χ1n) is 1.46. The number of thiol groups is 1. The zero-order chi connectivity index (χ0) is 4.83. The minimum Gasteiger partial charge on any atom is -0.166 e. The maximum absolute atomic E-state index is 4.76. The normalized spacial score (nSPS) is 4.67. The van der Waals surface area contributed by atoms with Crippen molar-refractivity contribution in [2.75, 3.05) is 5.75 Å². The molecule has 0 aliphatic rings. The van der Waals surface area contributed by atoms with E-state index in [1.54, 1.807) is 0 Å². The van der Waals surface area contributed by atoms with E-state index in [1.807, 2.05) is 0 Å². The Labute approximate surface area is 43.4 Å². The summed E-state index contributed by atoms with van der Waals surface area (Å²) in [7, 11) is 0. The van der Waals surface area contributed by atoms with E-state index >= 15 is 0 Å². The van der Waals surface area contributed by atoms with Crippen molar-refractivity contribution in [3.63, 3.8) is 0 Å². The number of terminal acetylenes is 1. The summed E-state index contributed by atoms with van der Waals surface area (Å²) in [6.45, 7) is 0. The Morgan fingerprint density at radius 2 is 2.33 bits per heavy atom. The van der Waals surface area contributed by atoms with Crippen LogP contribution in [0.3, 0.4) is 0 Å². The first kappa shape index (κ1) is 5.47. The Kier molecular flexibility index (Phi) is 4.08. The minimum atomic E-state index is 0.546. The summed E-state index contributed by atoms with van der Waals surface area (Å²) in [5, 5.41) is 0. The molecule has 0 nitrogen and oxygen atoms in total. The molecule has 0 saturated heterocycles. The molecule has 0 amide bonds. The predicted molar refractivity (Wildman–Crippen MR) is 30.5 cm³/mol. The Hall–Kier alpha value is -0.530. The lowest BCUT2D eigenvalue weighted by Crippen LogP contribution is -1.54. The Morgan fingerprint density at radius 1 is 1.67 bits per heavy atom. The average Bonchev–Trinajstić information content (AvgIpc) is 1.61. The number of hydrogen-bond donors (Lipinski definition) is 1. The molecule has 30 valence electrons. The molecule has 0 aliphatic carbocycles. The third-order valence-corrected chi connectivity index (χ3v) is 0.398. The van der Waals surface area contributed by atoms with Gasteiger partial charge in [0.05, 0.1) is 5.75 Å². The van der Waals surface area contributed by atoms with Crippen LogP contribution in [0.15, 0.2) is 0 Å². The van der Waals surface area contributed by atoms with Crippen LogP contribution < -0.4 is 0 Å². The molecule has 0 spiro atoms. The highest BCUT2D eigenvalue weighted by Gasteiger charge is 1.51. The number of hydrogen-bond acceptors (Lipinski definition) is 1. The summed E-state index contributed by atoms with van der Waals surface area (Å²) < 4.78 is 0.